The molecule has 5 heteroatoms. The second kappa shape index (κ2) is 9.00. The van der Waals surface area contributed by atoms with Crippen molar-refractivity contribution in [1.29, 1.82) is 0 Å². The molecule has 1 aliphatic rings. The third kappa shape index (κ3) is 4.41. The summed E-state index contributed by atoms with van der Waals surface area (Å²) >= 11 is 0. The van der Waals surface area contributed by atoms with Gasteiger partial charge in [0, 0.05) is 31.9 Å². The Morgan fingerprint density at radius 1 is 1.00 bits per heavy atom. The van der Waals surface area contributed by atoms with Gasteiger partial charge in [0.05, 0.1) is 7.11 Å². The number of rotatable bonds is 6. The second-order valence-electron chi connectivity index (χ2n) is 7.22. The first-order valence-corrected chi connectivity index (χ1v) is 9.94. The Morgan fingerprint density at radius 2 is 1.64 bits per heavy atom. The third-order valence-corrected chi connectivity index (χ3v) is 5.49. The quantitative estimate of drug-likeness (QED) is 0.762. The highest BCUT2D eigenvalue weighted by molar-refractivity contribution is 5.81. The number of carbonyl (C=O) groups is 1. The number of benzene rings is 2. The summed E-state index contributed by atoms with van der Waals surface area (Å²) < 4.78 is 11.1. The fourth-order valence-corrected chi connectivity index (χ4v) is 3.58. The van der Waals surface area contributed by atoms with Crippen LogP contribution in [0.2, 0.25) is 0 Å². The smallest absolute Gasteiger partial charge is 0.263 e. The van der Waals surface area contributed by atoms with Crippen LogP contribution in [0.25, 0.3) is 0 Å². The van der Waals surface area contributed by atoms with E-state index in [1.165, 1.54) is 16.8 Å². The molecule has 0 aromatic heterocycles. The molecule has 0 spiro atoms. The zero-order valence-electron chi connectivity index (χ0n) is 17.3. The van der Waals surface area contributed by atoms with Crippen LogP contribution in [0.3, 0.4) is 0 Å². The predicted octanol–water partition coefficient (Wildman–Crippen LogP) is 3.82. The molecule has 1 atom stereocenters. The Bertz CT molecular complexity index is 796. The normalized spacial score (nSPS) is 15.3. The highest BCUT2D eigenvalue weighted by atomic mass is 16.5. The van der Waals surface area contributed by atoms with E-state index in [0.29, 0.717) is 25.3 Å². The van der Waals surface area contributed by atoms with Crippen molar-refractivity contribution in [2.45, 2.75) is 33.3 Å². The van der Waals surface area contributed by atoms with Gasteiger partial charge in [-0.2, -0.15) is 0 Å². The Kier molecular flexibility index (Phi) is 6.45. The average Bonchev–Trinajstić information content (AvgIpc) is 2.74. The lowest BCUT2D eigenvalue weighted by molar-refractivity contribution is -0.139. The Hall–Kier alpha value is -2.69. The number of hydrogen-bond donors (Lipinski definition) is 0. The van der Waals surface area contributed by atoms with E-state index in [1.807, 2.05) is 36.1 Å². The van der Waals surface area contributed by atoms with Gasteiger partial charge in [-0.05, 0) is 61.7 Å². The first-order chi connectivity index (χ1) is 13.5. The van der Waals surface area contributed by atoms with Crippen LogP contribution < -0.4 is 14.4 Å². The van der Waals surface area contributed by atoms with E-state index in [1.54, 1.807) is 7.11 Å². The van der Waals surface area contributed by atoms with Crippen LogP contribution >= 0.6 is 0 Å². The summed E-state index contributed by atoms with van der Waals surface area (Å²) in [4.78, 5) is 17.3. The third-order valence-electron chi connectivity index (χ3n) is 5.49. The molecule has 0 N–H and O–H groups in total. The molecular weight excluding hydrogens is 352 g/mol. The summed E-state index contributed by atoms with van der Waals surface area (Å²) in [5.41, 5.74) is 3.89. The van der Waals surface area contributed by atoms with Gasteiger partial charge in [-0.1, -0.05) is 19.1 Å². The van der Waals surface area contributed by atoms with E-state index in [0.717, 1.165) is 18.8 Å². The number of carbonyl (C=O) groups excluding carboxylic acids is 1. The first-order valence-electron chi connectivity index (χ1n) is 9.94. The molecule has 1 heterocycles. The lowest BCUT2D eigenvalue weighted by atomic mass is 10.1. The van der Waals surface area contributed by atoms with Gasteiger partial charge in [0.1, 0.15) is 11.5 Å². The SMILES string of the molecule is CCC(Oc1ccc(OC)cc1)C(=O)N1CCN(c2cccc(C)c2C)CC1. The summed E-state index contributed by atoms with van der Waals surface area (Å²) in [5, 5.41) is 0. The lowest BCUT2D eigenvalue weighted by Crippen LogP contribution is -2.52. The molecule has 1 saturated heterocycles. The molecule has 150 valence electrons. The van der Waals surface area contributed by atoms with Crippen LogP contribution in [0.1, 0.15) is 24.5 Å². The fraction of sp³-hybridized carbons (Fsp3) is 0.435. The number of anilines is 1. The molecule has 3 rings (SSSR count). The van der Waals surface area contributed by atoms with Gasteiger partial charge >= 0.3 is 0 Å². The van der Waals surface area contributed by atoms with Crippen molar-refractivity contribution in [2.75, 3.05) is 38.2 Å². The molecule has 28 heavy (non-hydrogen) atoms. The van der Waals surface area contributed by atoms with Gasteiger partial charge in [-0.15, -0.1) is 0 Å². The number of hydrogen-bond acceptors (Lipinski definition) is 4. The van der Waals surface area contributed by atoms with Gasteiger partial charge in [0.2, 0.25) is 0 Å². The van der Waals surface area contributed by atoms with Crippen molar-refractivity contribution in [3.8, 4) is 11.5 Å². The second-order valence-corrected chi connectivity index (χ2v) is 7.22. The number of aryl methyl sites for hydroxylation is 1. The summed E-state index contributed by atoms with van der Waals surface area (Å²) in [6, 6.07) is 13.8. The van der Waals surface area contributed by atoms with Crippen LogP contribution in [0.15, 0.2) is 42.5 Å². The highest BCUT2D eigenvalue weighted by Crippen LogP contribution is 2.24. The highest BCUT2D eigenvalue weighted by Gasteiger charge is 2.28. The molecule has 1 fully saturated rings. The summed E-state index contributed by atoms with van der Waals surface area (Å²) in [6.07, 6.45) is 0.183. The lowest BCUT2D eigenvalue weighted by Gasteiger charge is -2.38. The predicted molar refractivity (Wildman–Crippen MR) is 112 cm³/mol. The Balaban J connectivity index is 1.60. The van der Waals surface area contributed by atoms with Gasteiger partial charge in [-0.3, -0.25) is 4.79 Å². The molecule has 0 saturated carbocycles. The number of ether oxygens (including phenoxy) is 2. The molecule has 0 bridgehead atoms. The molecule has 5 nitrogen and oxygen atoms in total. The number of nitrogens with zero attached hydrogens (tertiary/aromatic N) is 2. The van der Waals surface area contributed by atoms with Gasteiger partial charge in [0.25, 0.3) is 5.91 Å². The number of piperazine rings is 1. The molecule has 0 radical (unpaired) electrons. The molecule has 1 amide bonds. The van der Waals surface area contributed by atoms with Crippen LogP contribution in [0, 0.1) is 13.8 Å². The first kappa shape index (κ1) is 20.1. The van der Waals surface area contributed by atoms with E-state index in [9.17, 15) is 4.79 Å². The molecule has 1 unspecified atom stereocenters. The van der Waals surface area contributed by atoms with E-state index < -0.39 is 6.10 Å². The minimum atomic E-state index is -0.458. The Labute approximate surface area is 167 Å². The molecule has 2 aromatic rings. The molecule has 2 aromatic carbocycles. The van der Waals surface area contributed by atoms with Crippen molar-refractivity contribution in [3.63, 3.8) is 0 Å². The fourth-order valence-electron chi connectivity index (χ4n) is 3.58. The van der Waals surface area contributed by atoms with E-state index >= 15 is 0 Å². The molecular formula is C23H30N2O3. The average molecular weight is 383 g/mol. The number of amides is 1. The van der Waals surface area contributed by atoms with E-state index in [4.69, 9.17) is 9.47 Å². The van der Waals surface area contributed by atoms with Gasteiger partial charge in [0.15, 0.2) is 6.10 Å². The van der Waals surface area contributed by atoms with E-state index in [-0.39, 0.29) is 5.91 Å². The van der Waals surface area contributed by atoms with Crippen molar-refractivity contribution in [2.24, 2.45) is 0 Å². The van der Waals surface area contributed by atoms with Gasteiger partial charge in [-0.25, -0.2) is 0 Å². The number of methoxy groups -OCH3 is 1. The Morgan fingerprint density at radius 3 is 2.25 bits per heavy atom. The summed E-state index contributed by atoms with van der Waals surface area (Å²) in [7, 11) is 1.63. The van der Waals surface area contributed by atoms with Crippen molar-refractivity contribution in [1.82, 2.24) is 4.90 Å². The topological polar surface area (TPSA) is 42.0 Å². The maximum atomic E-state index is 13.0. The zero-order valence-corrected chi connectivity index (χ0v) is 17.3. The summed E-state index contributed by atoms with van der Waals surface area (Å²) in [5.74, 6) is 1.53. The van der Waals surface area contributed by atoms with Crippen molar-refractivity contribution in [3.05, 3.63) is 53.6 Å². The monoisotopic (exact) mass is 382 g/mol. The van der Waals surface area contributed by atoms with Gasteiger partial charge < -0.3 is 19.3 Å². The van der Waals surface area contributed by atoms with Crippen molar-refractivity contribution >= 4 is 11.6 Å². The molecule has 0 aliphatic carbocycles. The minimum absolute atomic E-state index is 0.0685. The standard InChI is InChI=1S/C23H30N2O3/c1-5-22(28-20-11-9-19(27-4)10-12-20)23(26)25-15-13-24(14-16-25)21-8-6-7-17(2)18(21)3/h6-12,22H,5,13-16H2,1-4H3. The maximum absolute atomic E-state index is 13.0. The van der Waals surface area contributed by atoms with Crippen LogP contribution in [0.5, 0.6) is 11.5 Å². The van der Waals surface area contributed by atoms with Crippen LogP contribution in [0.4, 0.5) is 5.69 Å². The largest absolute Gasteiger partial charge is 0.497 e. The van der Waals surface area contributed by atoms with Crippen LogP contribution in [-0.2, 0) is 4.79 Å². The maximum Gasteiger partial charge on any atom is 0.263 e. The zero-order chi connectivity index (χ0) is 20.1. The van der Waals surface area contributed by atoms with Crippen molar-refractivity contribution < 1.29 is 14.3 Å². The molecule has 1 aliphatic heterocycles. The van der Waals surface area contributed by atoms with Crippen LogP contribution in [-0.4, -0.2) is 50.2 Å². The summed E-state index contributed by atoms with van der Waals surface area (Å²) in [6.45, 7) is 9.41. The van der Waals surface area contributed by atoms with E-state index in [2.05, 4.69) is 36.9 Å². The minimum Gasteiger partial charge on any atom is -0.497 e.